The van der Waals surface area contributed by atoms with Crippen LogP contribution in [0.3, 0.4) is 0 Å². The number of benzene rings is 3. The van der Waals surface area contributed by atoms with Crippen molar-refractivity contribution in [2.75, 3.05) is 5.01 Å². The van der Waals surface area contributed by atoms with Gasteiger partial charge < -0.3 is 0 Å². The molecule has 4 rings (SSSR count). The molecule has 1 aliphatic rings. The maximum atomic E-state index is 3.67. The Hall–Kier alpha value is -3.00. The molecule has 1 aliphatic heterocycles. The van der Waals surface area contributed by atoms with Gasteiger partial charge in [-0.3, -0.25) is 10.4 Å². The predicted octanol–water partition coefficient (Wildman–Crippen LogP) is 7.39. The van der Waals surface area contributed by atoms with Gasteiger partial charge in [0.05, 0.1) is 17.4 Å². The third-order valence-electron chi connectivity index (χ3n) is 5.96. The van der Waals surface area contributed by atoms with E-state index in [4.69, 9.17) is 0 Å². The fraction of sp³-hybridized carbons (Fsp3) is 0.310. The summed E-state index contributed by atoms with van der Waals surface area (Å²) < 4.78 is 0. The van der Waals surface area contributed by atoms with E-state index in [-0.39, 0.29) is 16.9 Å². The monoisotopic (exact) mass is 410 g/mol. The van der Waals surface area contributed by atoms with E-state index in [1.54, 1.807) is 0 Å². The molecule has 0 bridgehead atoms. The molecule has 0 saturated heterocycles. The molecule has 1 N–H and O–H groups in total. The molecule has 3 aromatic carbocycles. The van der Waals surface area contributed by atoms with Gasteiger partial charge >= 0.3 is 0 Å². The Labute approximate surface area is 187 Å². The number of nitrogens with zero attached hydrogens (tertiary/aromatic N) is 1. The second kappa shape index (κ2) is 7.92. The van der Waals surface area contributed by atoms with Crippen LogP contribution in [-0.4, -0.2) is 0 Å². The lowest BCUT2D eigenvalue weighted by Crippen LogP contribution is -2.34. The molecule has 0 radical (unpaired) electrons. The van der Waals surface area contributed by atoms with Gasteiger partial charge in [0.1, 0.15) is 0 Å². The first-order chi connectivity index (χ1) is 14.6. The highest BCUT2D eigenvalue weighted by Gasteiger charge is 2.30. The molecule has 1 unspecified atom stereocenters. The largest absolute Gasteiger partial charge is 0.297 e. The van der Waals surface area contributed by atoms with Crippen LogP contribution in [0.2, 0.25) is 0 Å². The van der Waals surface area contributed by atoms with E-state index in [2.05, 4.69) is 137 Å². The van der Waals surface area contributed by atoms with E-state index in [0.29, 0.717) is 0 Å². The van der Waals surface area contributed by atoms with Crippen molar-refractivity contribution in [3.8, 4) is 0 Å². The second-order valence-electron chi connectivity index (χ2n) is 10.5. The van der Waals surface area contributed by atoms with E-state index in [1.165, 1.54) is 22.3 Å². The Kier molecular flexibility index (Phi) is 5.43. The van der Waals surface area contributed by atoms with Gasteiger partial charge in [-0.05, 0) is 51.3 Å². The van der Waals surface area contributed by atoms with Gasteiger partial charge in [-0.1, -0.05) is 108 Å². The number of hydrogen-bond acceptors (Lipinski definition) is 2. The molecule has 1 heterocycles. The molecule has 0 aliphatic carbocycles. The topological polar surface area (TPSA) is 15.3 Å². The first-order valence-corrected chi connectivity index (χ1v) is 11.2. The summed E-state index contributed by atoms with van der Waals surface area (Å²) >= 11 is 0. The van der Waals surface area contributed by atoms with Crippen molar-refractivity contribution in [2.45, 2.75) is 58.4 Å². The third kappa shape index (κ3) is 4.39. The van der Waals surface area contributed by atoms with E-state index in [9.17, 15) is 0 Å². The van der Waals surface area contributed by atoms with Crippen LogP contribution in [0.4, 0.5) is 5.69 Å². The number of hydrazine groups is 1. The highest BCUT2D eigenvalue weighted by Crippen LogP contribution is 2.39. The number of rotatable bonds is 3. The average Bonchev–Trinajstić information content (AvgIpc) is 3.19. The second-order valence-corrected chi connectivity index (χ2v) is 10.5. The molecule has 160 valence electrons. The van der Waals surface area contributed by atoms with Crippen molar-refractivity contribution in [1.82, 2.24) is 5.43 Å². The molecule has 0 fully saturated rings. The van der Waals surface area contributed by atoms with E-state index in [1.807, 2.05) is 0 Å². The number of nitrogens with one attached hydrogen (secondary N) is 1. The Morgan fingerprint density at radius 2 is 1.26 bits per heavy atom. The Morgan fingerprint density at radius 3 is 1.84 bits per heavy atom. The van der Waals surface area contributed by atoms with E-state index < -0.39 is 0 Å². The van der Waals surface area contributed by atoms with Crippen LogP contribution in [0.15, 0.2) is 84.9 Å². The smallest absolute Gasteiger partial charge is 0.0958 e. The summed E-state index contributed by atoms with van der Waals surface area (Å²) in [5.41, 5.74) is 11.5. The molecular formula is C29H34N2. The van der Waals surface area contributed by atoms with Gasteiger partial charge in [0.15, 0.2) is 0 Å². The normalized spacial score (nSPS) is 16.8. The van der Waals surface area contributed by atoms with Crippen molar-refractivity contribution in [3.63, 3.8) is 0 Å². The van der Waals surface area contributed by atoms with Crippen molar-refractivity contribution >= 4 is 11.4 Å². The highest BCUT2D eigenvalue weighted by atomic mass is 15.5. The van der Waals surface area contributed by atoms with Crippen molar-refractivity contribution in [3.05, 3.63) is 107 Å². The highest BCUT2D eigenvalue weighted by molar-refractivity contribution is 5.72. The number of anilines is 1. The molecule has 0 amide bonds. The lowest BCUT2D eigenvalue weighted by Gasteiger charge is -2.33. The first-order valence-electron chi connectivity index (χ1n) is 11.2. The summed E-state index contributed by atoms with van der Waals surface area (Å²) in [4.78, 5) is 0. The van der Waals surface area contributed by atoms with Crippen LogP contribution in [-0.2, 0) is 10.8 Å². The van der Waals surface area contributed by atoms with Gasteiger partial charge in [-0.25, -0.2) is 0 Å². The standard InChI is InChI=1S/C29H34N2/c1-28(2,3)24-18-17-22(19-25(24)29(4,5)6)27-20-26(21-13-9-7-10-14-21)30-31(27)23-15-11-8-12-16-23/h7-20,27,30H,1-6H3. The van der Waals surface area contributed by atoms with Gasteiger partial charge in [0.25, 0.3) is 0 Å². The lowest BCUT2D eigenvalue weighted by molar-refractivity contribution is 0.528. The zero-order valence-electron chi connectivity index (χ0n) is 19.6. The molecule has 0 saturated carbocycles. The molecular weight excluding hydrogens is 376 g/mol. The maximum absolute atomic E-state index is 3.67. The third-order valence-corrected chi connectivity index (χ3v) is 5.96. The van der Waals surface area contributed by atoms with Crippen LogP contribution < -0.4 is 10.4 Å². The van der Waals surface area contributed by atoms with Crippen LogP contribution in [0.25, 0.3) is 5.70 Å². The van der Waals surface area contributed by atoms with Gasteiger partial charge in [0.2, 0.25) is 0 Å². The van der Waals surface area contributed by atoms with E-state index in [0.717, 1.165) is 11.4 Å². The summed E-state index contributed by atoms with van der Waals surface area (Å²) in [5, 5.41) is 2.28. The summed E-state index contributed by atoms with van der Waals surface area (Å²) in [6, 6.07) is 28.3. The molecule has 3 aromatic rings. The van der Waals surface area contributed by atoms with Crippen LogP contribution >= 0.6 is 0 Å². The molecule has 2 nitrogen and oxygen atoms in total. The fourth-order valence-corrected chi connectivity index (χ4v) is 4.33. The lowest BCUT2D eigenvalue weighted by atomic mass is 9.74. The summed E-state index contributed by atoms with van der Waals surface area (Å²) in [5.74, 6) is 0. The Balaban J connectivity index is 1.83. The molecule has 1 atom stereocenters. The van der Waals surface area contributed by atoms with Gasteiger partial charge in [-0.15, -0.1) is 0 Å². The maximum Gasteiger partial charge on any atom is 0.0958 e. The summed E-state index contributed by atoms with van der Waals surface area (Å²) in [6.07, 6.45) is 2.35. The average molecular weight is 411 g/mol. The molecule has 31 heavy (non-hydrogen) atoms. The molecule has 0 spiro atoms. The number of hydrogen-bond donors (Lipinski definition) is 1. The predicted molar refractivity (Wildman–Crippen MR) is 133 cm³/mol. The Morgan fingerprint density at radius 1 is 0.677 bits per heavy atom. The van der Waals surface area contributed by atoms with Crippen LogP contribution in [0.1, 0.15) is 69.8 Å². The van der Waals surface area contributed by atoms with Crippen molar-refractivity contribution in [2.24, 2.45) is 0 Å². The summed E-state index contributed by atoms with van der Waals surface area (Å²) in [6.45, 7) is 13.9. The van der Waals surface area contributed by atoms with E-state index >= 15 is 0 Å². The molecule has 2 heteroatoms. The number of para-hydroxylation sites is 1. The zero-order chi connectivity index (χ0) is 22.2. The Bertz CT molecular complexity index is 1070. The van der Waals surface area contributed by atoms with Crippen molar-refractivity contribution in [1.29, 1.82) is 0 Å². The van der Waals surface area contributed by atoms with Crippen LogP contribution in [0, 0.1) is 0 Å². The van der Waals surface area contributed by atoms with Crippen LogP contribution in [0.5, 0.6) is 0 Å². The first kappa shape index (κ1) is 21.2. The van der Waals surface area contributed by atoms with Gasteiger partial charge in [-0.2, -0.15) is 0 Å². The molecule has 0 aromatic heterocycles. The fourth-order valence-electron chi connectivity index (χ4n) is 4.33. The minimum atomic E-state index is 0.0776. The SMILES string of the molecule is CC(C)(C)c1ccc(C2C=C(c3ccccc3)NN2c2ccccc2)cc1C(C)(C)C. The quantitative estimate of drug-likeness (QED) is 0.484. The minimum absolute atomic E-state index is 0.0776. The summed E-state index contributed by atoms with van der Waals surface area (Å²) in [7, 11) is 0. The van der Waals surface area contributed by atoms with Crippen molar-refractivity contribution < 1.29 is 0 Å². The van der Waals surface area contributed by atoms with Gasteiger partial charge in [0, 0.05) is 0 Å². The zero-order valence-corrected chi connectivity index (χ0v) is 19.6. The minimum Gasteiger partial charge on any atom is -0.297 e.